The van der Waals surface area contributed by atoms with Crippen molar-refractivity contribution >= 4 is 23.3 Å². The van der Waals surface area contributed by atoms with E-state index in [1.807, 2.05) is 35.2 Å². The van der Waals surface area contributed by atoms with E-state index in [2.05, 4.69) is 4.99 Å². The van der Waals surface area contributed by atoms with Crippen molar-refractivity contribution in [1.29, 1.82) is 0 Å². The highest BCUT2D eigenvalue weighted by Crippen LogP contribution is 2.25. The molecule has 1 heterocycles. The molecule has 1 aromatic heterocycles. The summed E-state index contributed by atoms with van der Waals surface area (Å²) in [5, 5.41) is 11.1. The van der Waals surface area contributed by atoms with Gasteiger partial charge in [0.1, 0.15) is 5.75 Å². The number of carbonyl (C=O) groups excluding carboxylic acids is 1. The maximum absolute atomic E-state index is 12.5. The average molecular weight is 392 g/mol. The number of hydrogen-bond acceptors (Lipinski definition) is 5. The van der Waals surface area contributed by atoms with Gasteiger partial charge in [-0.2, -0.15) is 0 Å². The molecule has 0 spiro atoms. The monoisotopic (exact) mass is 392 g/mol. The summed E-state index contributed by atoms with van der Waals surface area (Å²) < 4.78 is 7.32. The number of nitro groups is 1. The van der Waals surface area contributed by atoms with Crippen LogP contribution in [0.15, 0.2) is 78.0 Å². The lowest BCUT2D eigenvalue weighted by Gasteiger charge is -2.09. The molecule has 0 unspecified atom stereocenters. The highest BCUT2D eigenvalue weighted by atomic mass is 16.6. The molecule has 2 aromatic carbocycles. The van der Waals surface area contributed by atoms with Gasteiger partial charge < -0.3 is 16.2 Å². The Hall–Kier alpha value is -4.27. The van der Waals surface area contributed by atoms with Gasteiger partial charge >= 0.3 is 5.97 Å². The van der Waals surface area contributed by atoms with E-state index < -0.39 is 10.9 Å². The standard InChI is InChI=1S/C20H17N5O4/c21-20(22)23-16-6-4-14(5-7-16)19(26)29-18-9-8-17(25(27)28)12-15(18)13-24-10-2-1-3-11-24/h1-12H,13H2,(H3-,21,22,23,26)/p+1. The minimum Gasteiger partial charge on any atom is -0.422 e. The first kappa shape index (κ1) is 19.5. The Bertz CT molecular complexity index is 1060. The van der Waals surface area contributed by atoms with Crippen LogP contribution in [0.5, 0.6) is 5.75 Å². The molecule has 3 rings (SSSR count). The van der Waals surface area contributed by atoms with Crippen molar-refractivity contribution in [2.45, 2.75) is 6.54 Å². The van der Waals surface area contributed by atoms with Gasteiger partial charge in [0.05, 0.1) is 21.7 Å². The summed E-state index contributed by atoms with van der Waals surface area (Å²) in [4.78, 5) is 27.0. The molecule has 0 aliphatic carbocycles. The Labute approximate surface area is 166 Å². The fourth-order valence-corrected chi connectivity index (χ4v) is 2.62. The molecule has 0 aliphatic rings. The molecule has 0 aliphatic heterocycles. The lowest BCUT2D eigenvalue weighted by Crippen LogP contribution is -2.33. The zero-order valence-electron chi connectivity index (χ0n) is 15.3. The molecule has 9 heteroatoms. The smallest absolute Gasteiger partial charge is 0.343 e. The Morgan fingerprint density at radius 2 is 1.76 bits per heavy atom. The number of aliphatic imine (C=N–C) groups is 1. The first-order chi connectivity index (χ1) is 13.9. The van der Waals surface area contributed by atoms with Crippen molar-refractivity contribution in [1.82, 2.24) is 0 Å². The predicted octanol–water partition coefficient (Wildman–Crippen LogP) is 2.05. The topological polar surface area (TPSA) is 138 Å². The summed E-state index contributed by atoms with van der Waals surface area (Å²) in [7, 11) is 0. The van der Waals surface area contributed by atoms with Gasteiger partial charge in [-0.05, 0) is 30.3 Å². The first-order valence-electron chi connectivity index (χ1n) is 8.55. The second-order valence-electron chi connectivity index (χ2n) is 6.07. The minimum atomic E-state index is -0.602. The number of aromatic nitrogens is 1. The lowest BCUT2D eigenvalue weighted by molar-refractivity contribution is -0.688. The van der Waals surface area contributed by atoms with Crippen LogP contribution >= 0.6 is 0 Å². The van der Waals surface area contributed by atoms with Gasteiger partial charge in [-0.3, -0.25) is 10.1 Å². The summed E-state index contributed by atoms with van der Waals surface area (Å²) in [5.74, 6) is -0.450. The molecule has 9 nitrogen and oxygen atoms in total. The van der Waals surface area contributed by atoms with Crippen LogP contribution in [0.4, 0.5) is 11.4 Å². The normalized spacial score (nSPS) is 10.2. The molecule has 0 radical (unpaired) electrons. The molecular formula is C20H18N5O4+. The van der Waals surface area contributed by atoms with E-state index >= 15 is 0 Å². The van der Waals surface area contributed by atoms with Crippen molar-refractivity contribution in [3.05, 3.63) is 94.3 Å². The summed E-state index contributed by atoms with van der Waals surface area (Å²) in [6.45, 7) is 0.300. The quantitative estimate of drug-likeness (QED) is 0.125. The molecule has 0 saturated carbocycles. The molecule has 0 saturated heterocycles. The maximum atomic E-state index is 12.5. The van der Waals surface area contributed by atoms with Crippen molar-refractivity contribution < 1.29 is 19.0 Å². The Morgan fingerprint density at radius 3 is 2.38 bits per heavy atom. The maximum Gasteiger partial charge on any atom is 0.343 e. The largest absolute Gasteiger partial charge is 0.422 e. The minimum absolute atomic E-state index is 0.0853. The third-order valence-electron chi connectivity index (χ3n) is 3.95. The number of pyridine rings is 1. The van der Waals surface area contributed by atoms with E-state index in [9.17, 15) is 14.9 Å². The summed E-state index contributed by atoms with van der Waals surface area (Å²) >= 11 is 0. The van der Waals surface area contributed by atoms with Gasteiger partial charge in [0.15, 0.2) is 24.9 Å². The average Bonchev–Trinajstić information content (AvgIpc) is 2.70. The second-order valence-corrected chi connectivity index (χ2v) is 6.07. The number of non-ortho nitro benzene ring substituents is 1. The van der Waals surface area contributed by atoms with Crippen LogP contribution in [0.3, 0.4) is 0 Å². The van der Waals surface area contributed by atoms with E-state index in [1.165, 1.54) is 30.3 Å². The number of benzene rings is 2. The van der Waals surface area contributed by atoms with Crippen LogP contribution in [0, 0.1) is 10.1 Å². The van der Waals surface area contributed by atoms with E-state index in [0.717, 1.165) is 0 Å². The van der Waals surface area contributed by atoms with Crippen molar-refractivity contribution in [2.24, 2.45) is 16.5 Å². The fraction of sp³-hybridized carbons (Fsp3) is 0.0500. The molecular weight excluding hydrogens is 374 g/mol. The van der Waals surface area contributed by atoms with Gasteiger partial charge in [0.2, 0.25) is 0 Å². The number of nitrogens with zero attached hydrogens (tertiary/aromatic N) is 3. The van der Waals surface area contributed by atoms with Crippen molar-refractivity contribution in [3.8, 4) is 5.75 Å². The van der Waals surface area contributed by atoms with Crippen LogP contribution in [-0.4, -0.2) is 16.9 Å². The SMILES string of the molecule is NC(N)=Nc1ccc(C(=O)Oc2ccc([N+](=O)[O-])cc2C[n+]2ccccc2)cc1. The fourth-order valence-electron chi connectivity index (χ4n) is 2.62. The molecule has 4 N–H and O–H groups in total. The number of ether oxygens (including phenoxy) is 1. The number of carbonyl (C=O) groups is 1. The molecule has 3 aromatic rings. The van der Waals surface area contributed by atoms with Crippen LogP contribution in [-0.2, 0) is 6.54 Å². The molecule has 0 bridgehead atoms. The second kappa shape index (κ2) is 8.61. The van der Waals surface area contributed by atoms with Crippen molar-refractivity contribution in [3.63, 3.8) is 0 Å². The number of hydrogen-bond donors (Lipinski definition) is 2. The van der Waals surface area contributed by atoms with Gasteiger partial charge in [-0.1, -0.05) is 6.07 Å². The Kier molecular flexibility index (Phi) is 5.79. The van der Waals surface area contributed by atoms with Crippen molar-refractivity contribution in [2.75, 3.05) is 0 Å². The number of nitro benzene ring substituents is 1. The lowest BCUT2D eigenvalue weighted by atomic mass is 10.1. The van der Waals surface area contributed by atoms with Gasteiger partial charge in [-0.15, -0.1) is 0 Å². The number of nitrogens with two attached hydrogens (primary N) is 2. The van der Waals surface area contributed by atoms with E-state index in [1.54, 1.807) is 12.1 Å². The third-order valence-corrected chi connectivity index (χ3v) is 3.95. The number of rotatable bonds is 6. The molecule has 0 fully saturated rings. The predicted molar refractivity (Wildman–Crippen MR) is 106 cm³/mol. The van der Waals surface area contributed by atoms with Gasteiger partial charge in [-0.25, -0.2) is 14.4 Å². The Balaban J connectivity index is 1.86. The van der Waals surface area contributed by atoms with Crippen LogP contribution in [0.2, 0.25) is 0 Å². The highest BCUT2D eigenvalue weighted by Gasteiger charge is 2.18. The first-order valence-corrected chi connectivity index (χ1v) is 8.55. The zero-order valence-corrected chi connectivity index (χ0v) is 15.3. The summed E-state index contributed by atoms with van der Waals surface area (Å²) in [6.07, 6.45) is 3.62. The number of esters is 1. The Morgan fingerprint density at radius 1 is 1.07 bits per heavy atom. The van der Waals surface area contributed by atoms with E-state index in [4.69, 9.17) is 16.2 Å². The molecule has 146 valence electrons. The van der Waals surface area contributed by atoms with Crippen LogP contribution in [0.25, 0.3) is 0 Å². The van der Waals surface area contributed by atoms with Gasteiger partial charge in [0, 0.05) is 24.3 Å². The number of guanidine groups is 1. The van der Waals surface area contributed by atoms with E-state index in [-0.39, 0.29) is 23.0 Å². The molecule has 29 heavy (non-hydrogen) atoms. The summed E-state index contributed by atoms with van der Waals surface area (Å²) in [6, 6.07) is 15.8. The van der Waals surface area contributed by atoms with Crippen LogP contribution in [0.1, 0.15) is 15.9 Å². The van der Waals surface area contributed by atoms with Crippen LogP contribution < -0.4 is 20.8 Å². The summed E-state index contributed by atoms with van der Waals surface area (Å²) in [5.41, 5.74) is 11.9. The third kappa shape index (κ3) is 5.13. The van der Waals surface area contributed by atoms with E-state index in [0.29, 0.717) is 17.8 Å². The zero-order chi connectivity index (χ0) is 20.8. The molecule has 0 amide bonds. The van der Waals surface area contributed by atoms with Gasteiger partial charge in [0.25, 0.3) is 5.69 Å². The molecule has 0 atom stereocenters. The highest BCUT2D eigenvalue weighted by molar-refractivity contribution is 5.91.